The van der Waals surface area contributed by atoms with Crippen LogP contribution >= 0.6 is 24.0 Å². The van der Waals surface area contributed by atoms with Crippen molar-refractivity contribution in [1.29, 1.82) is 0 Å². The van der Waals surface area contributed by atoms with Gasteiger partial charge >= 0.3 is 0 Å². The molecule has 5 nitrogen and oxygen atoms in total. The maximum atomic E-state index is 5.68. The lowest BCUT2D eigenvalue weighted by Gasteiger charge is -2.17. The van der Waals surface area contributed by atoms with Gasteiger partial charge in [0, 0.05) is 6.20 Å². The topological polar surface area (TPSA) is 65.3 Å². The van der Waals surface area contributed by atoms with E-state index in [1.165, 1.54) is 16.5 Å². The fourth-order valence-electron chi connectivity index (χ4n) is 3.08. The lowest BCUT2D eigenvalue weighted by Crippen LogP contribution is -2.36. The van der Waals surface area contributed by atoms with Crippen LogP contribution in [-0.2, 0) is 0 Å². The number of aryl methyl sites for hydroxylation is 1. The van der Waals surface area contributed by atoms with E-state index in [1.807, 2.05) is 25.3 Å². The highest BCUT2D eigenvalue weighted by Gasteiger charge is 2.23. The van der Waals surface area contributed by atoms with Gasteiger partial charge in [0.25, 0.3) is 0 Å². The summed E-state index contributed by atoms with van der Waals surface area (Å²) in [5.74, 6) is 2.68. The number of hydrogen-bond donors (Lipinski definition) is 3. The number of aliphatic imine (C=N–C) groups is 1. The Hall–Kier alpha value is -1.96. The highest BCUT2D eigenvalue weighted by molar-refractivity contribution is 14.0. The van der Waals surface area contributed by atoms with Gasteiger partial charge in [-0.3, -0.25) is 4.99 Å². The van der Waals surface area contributed by atoms with Crippen molar-refractivity contribution in [2.45, 2.75) is 25.9 Å². The van der Waals surface area contributed by atoms with E-state index in [9.17, 15) is 0 Å². The predicted molar refractivity (Wildman–Crippen MR) is 107 cm³/mol. The fraction of sp³-hybridized carbons (Fsp3) is 0.278. The van der Waals surface area contributed by atoms with Gasteiger partial charge in [0.05, 0.1) is 18.1 Å². The second-order valence-electron chi connectivity index (χ2n) is 5.99. The molecule has 0 aliphatic carbocycles. The normalized spacial score (nSPS) is 17.9. The lowest BCUT2D eigenvalue weighted by atomic mass is 10.1. The third kappa shape index (κ3) is 3.15. The van der Waals surface area contributed by atoms with Crippen molar-refractivity contribution in [3.63, 3.8) is 0 Å². The number of aromatic nitrogens is 1. The van der Waals surface area contributed by atoms with E-state index in [-0.39, 0.29) is 36.1 Å². The number of fused-ring (bicyclic) bond motifs is 1. The summed E-state index contributed by atoms with van der Waals surface area (Å²) in [6.45, 7) is 4.79. The van der Waals surface area contributed by atoms with Gasteiger partial charge in [0.2, 0.25) is 0 Å². The molecule has 24 heavy (non-hydrogen) atoms. The first-order chi connectivity index (χ1) is 11.2. The number of aromatic amines is 1. The second-order valence-corrected chi connectivity index (χ2v) is 5.99. The molecule has 0 bridgehead atoms. The van der Waals surface area contributed by atoms with E-state index >= 15 is 0 Å². The van der Waals surface area contributed by atoms with E-state index in [0.29, 0.717) is 6.54 Å². The van der Waals surface area contributed by atoms with Crippen molar-refractivity contribution in [1.82, 2.24) is 15.6 Å². The number of halogens is 1. The Morgan fingerprint density at radius 1 is 1.25 bits per heavy atom. The molecule has 1 aliphatic heterocycles. The highest BCUT2D eigenvalue weighted by atomic mass is 127. The second kappa shape index (κ2) is 6.88. The maximum Gasteiger partial charge on any atom is 0.192 e. The van der Waals surface area contributed by atoms with Gasteiger partial charge < -0.3 is 20.0 Å². The summed E-state index contributed by atoms with van der Waals surface area (Å²) in [6, 6.07) is 12.7. The monoisotopic (exact) mass is 436 g/mol. The van der Waals surface area contributed by atoms with Crippen LogP contribution in [-0.4, -0.2) is 17.5 Å². The molecule has 0 spiro atoms. The first-order valence-electron chi connectivity index (χ1n) is 7.90. The molecule has 0 saturated carbocycles. The Labute approximate surface area is 157 Å². The van der Waals surface area contributed by atoms with Gasteiger partial charge in [0.1, 0.15) is 17.6 Å². The minimum Gasteiger partial charge on any atom is -0.464 e. The van der Waals surface area contributed by atoms with Crippen LogP contribution in [0.15, 0.2) is 52.0 Å². The Morgan fingerprint density at radius 3 is 2.92 bits per heavy atom. The first kappa shape index (κ1) is 16.9. The molecule has 6 heteroatoms. The third-order valence-electron chi connectivity index (χ3n) is 4.29. The van der Waals surface area contributed by atoms with Crippen molar-refractivity contribution in [3.8, 4) is 0 Å². The smallest absolute Gasteiger partial charge is 0.192 e. The lowest BCUT2D eigenvalue weighted by molar-refractivity contribution is 0.441. The van der Waals surface area contributed by atoms with Gasteiger partial charge in [0.15, 0.2) is 5.96 Å². The Kier molecular flexibility index (Phi) is 4.84. The molecule has 3 aromatic rings. The quantitative estimate of drug-likeness (QED) is 0.543. The number of H-pyrrole nitrogens is 1. The van der Waals surface area contributed by atoms with Crippen molar-refractivity contribution >= 4 is 40.8 Å². The standard InChI is InChI=1S/C18H20N4O.HI/c1-11-6-7-16(23-11)15-10-20-18(22-15)21-12(2)14-5-3-4-13-8-9-19-17(13)14;/h3-9,12,15,19H,10H2,1-2H3,(H2,20,21,22);1H. The number of hydrogen-bond acceptors (Lipinski definition) is 4. The summed E-state index contributed by atoms with van der Waals surface area (Å²) in [5.41, 5.74) is 2.40. The van der Waals surface area contributed by atoms with Crippen LogP contribution in [0.5, 0.6) is 0 Å². The highest BCUT2D eigenvalue weighted by Crippen LogP contribution is 2.24. The van der Waals surface area contributed by atoms with Crippen LogP contribution in [0, 0.1) is 6.92 Å². The predicted octanol–water partition coefficient (Wildman–Crippen LogP) is 4.04. The molecule has 1 aliphatic rings. The summed E-state index contributed by atoms with van der Waals surface area (Å²) < 4.78 is 5.68. The van der Waals surface area contributed by atoms with Gasteiger partial charge in [-0.05, 0) is 43.0 Å². The molecule has 2 atom stereocenters. The van der Waals surface area contributed by atoms with E-state index in [4.69, 9.17) is 4.42 Å². The number of nitrogens with one attached hydrogen (secondary N) is 3. The van der Waals surface area contributed by atoms with Gasteiger partial charge in [-0.1, -0.05) is 18.2 Å². The molecular weight excluding hydrogens is 415 g/mol. The SMILES string of the molecule is Cc1ccc(C2CN=C(NC(C)c3cccc4cc[nH]c34)N2)o1.I. The van der Waals surface area contributed by atoms with Crippen LogP contribution in [0.25, 0.3) is 10.9 Å². The molecule has 0 fully saturated rings. The zero-order chi connectivity index (χ0) is 15.8. The minimum atomic E-state index is 0. The summed E-state index contributed by atoms with van der Waals surface area (Å²) in [5, 5.41) is 8.08. The zero-order valence-electron chi connectivity index (χ0n) is 13.7. The molecule has 0 amide bonds. The molecule has 3 heterocycles. The molecular formula is C18H21IN4O. The number of para-hydroxylation sites is 1. The fourth-order valence-corrected chi connectivity index (χ4v) is 3.08. The number of nitrogens with zero attached hydrogens (tertiary/aromatic N) is 1. The molecule has 4 rings (SSSR count). The van der Waals surface area contributed by atoms with Crippen molar-refractivity contribution < 1.29 is 4.42 Å². The molecule has 1 aromatic carbocycles. The molecule has 3 N–H and O–H groups in total. The van der Waals surface area contributed by atoms with E-state index in [1.54, 1.807) is 0 Å². The maximum absolute atomic E-state index is 5.68. The van der Waals surface area contributed by atoms with Crippen LogP contribution in [0.3, 0.4) is 0 Å². The van der Waals surface area contributed by atoms with Crippen LogP contribution in [0.4, 0.5) is 0 Å². The van der Waals surface area contributed by atoms with Crippen LogP contribution in [0.2, 0.25) is 0 Å². The summed E-state index contributed by atoms with van der Waals surface area (Å²) in [7, 11) is 0. The number of guanidine groups is 1. The zero-order valence-corrected chi connectivity index (χ0v) is 16.0. The molecule has 0 radical (unpaired) electrons. The Bertz CT molecular complexity index is 867. The Balaban J connectivity index is 0.00000169. The summed E-state index contributed by atoms with van der Waals surface area (Å²) >= 11 is 0. The number of rotatable bonds is 3. The van der Waals surface area contributed by atoms with Crippen molar-refractivity contribution in [3.05, 3.63) is 59.7 Å². The van der Waals surface area contributed by atoms with Crippen LogP contribution in [0.1, 0.15) is 36.1 Å². The summed E-state index contributed by atoms with van der Waals surface area (Å²) in [6.07, 6.45) is 1.97. The summed E-state index contributed by atoms with van der Waals surface area (Å²) in [4.78, 5) is 7.88. The van der Waals surface area contributed by atoms with Gasteiger partial charge in [-0.25, -0.2) is 0 Å². The van der Waals surface area contributed by atoms with Crippen molar-refractivity contribution in [2.24, 2.45) is 4.99 Å². The van der Waals surface area contributed by atoms with Gasteiger partial charge in [-0.15, -0.1) is 24.0 Å². The van der Waals surface area contributed by atoms with Crippen molar-refractivity contribution in [2.75, 3.05) is 6.54 Å². The van der Waals surface area contributed by atoms with E-state index < -0.39 is 0 Å². The Morgan fingerprint density at radius 2 is 2.12 bits per heavy atom. The minimum absolute atomic E-state index is 0. The molecule has 0 saturated heterocycles. The average Bonchev–Trinajstić information content (AvgIpc) is 3.26. The molecule has 126 valence electrons. The van der Waals surface area contributed by atoms with E-state index in [0.717, 1.165) is 17.5 Å². The van der Waals surface area contributed by atoms with E-state index in [2.05, 4.69) is 51.8 Å². The van der Waals surface area contributed by atoms with Gasteiger partial charge in [-0.2, -0.15) is 0 Å². The first-order valence-corrected chi connectivity index (χ1v) is 7.90. The molecule has 2 aromatic heterocycles. The number of benzene rings is 1. The van der Waals surface area contributed by atoms with Crippen LogP contribution < -0.4 is 10.6 Å². The third-order valence-corrected chi connectivity index (χ3v) is 4.29. The number of furan rings is 1. The largest absolute Gasteiger partial charge is 0.464 e. The molecule has 2 unspecified atom stereocenters. The average molecular weight is 436 g/mol.